The summed E-state index contributed by atoms with van der Waals surface area (Å²) in [6, 6.07) is 13.7. The first kappa shape index (κ1) is 20.6. The molecule has 2 rings (SSSR count). The van der Waals surface area contributed by atoms with Crippen molar-refractivity contribution in [3.63, 3.8) is 0 Å². The number of nitrogens with one attached hydrogen (secondary N) is 1. The molecule has 0 unspecified atom stereocenters. The van der Waals surface area contributed by atoms with Crippen LogP contribution in [-0.2, 0) is 17.9 Å². The molecule has 0 atom stereocenters. The number of hydrogen-bond donors (Lipinski definition) is 1. The zero-order chi connectivity index (χ0) is 18.6. The highest BCUT2D eigenvalue weighted by Crippen LogP contribution is 2.29. The van der Waals surface area contributed by atoms with E-state index in [4.69, 9.17) is 25.8 Å². The zero-order valence-corrected chi connectivity index (χ0v) is 16.3. The fraction of sp³-hybridized carbons (Fsp3) is 0.429. The average Bonchev–Trinajstić information content (AvgIpc) is 2.64. The van der Waals surface area contributed by atoms with Gasteiger partial charge in [-0.3, -0.25) is 0 Å². The number of benzene rings is 2. The lowest BCUT2D eigenvalue weighted by Crippen LogP contribution is -2.16. The predicted octanol–water partition coefficient (Wildman–Crippen LogP) is 4.83. The van der Waals surface area contributed by atoms with Crippen molar-refractivity contribution in [2.24, 2.45) is 0 Å². The highest BCUT2D eigenvalue weighted by molar-refractivity contribution is 6.30. The second-order valence-corrected chi connectivity index (χ2v) is 6.30. The second-order valence-electron chi connectivity index (χ2n) is 5.86. The quantitative estimate of drug-likeness (QED) is 0.537. The predicted molar refractivity (Wildman–Crippen MR) is 106 cm³/mol. The Balaban J connectivity index is 1.90. The van der Waals surface area contributed by atoms with Crippen molar-refractivity contribution in [3.8, 4) is 11.5 Å². The van der Waals surface area contributed by atoms with Crippen LogP contribution >= 0.6 is 11.6 Å². The van der Waals surface area contributed by atoms with Gasteiger partial charge in [0.1, 0.15) is 6.61 Å². The first-order valence-corrected chi connectivity index (χ1v) is 9.52. The van der Waals surface area contributed by atoms with Crippen LogP contribution in [0.2, 0.25) is 5.02 Å². The molecular weight excluding hydrogens is 350 g/mol. The minimum absolute atomic E-state index is 0.454. The molecule has 5 heteroatoms. The van der Waals surface area contributed by atoms with Crippen LogP contribution in [0.4, 0.5) is 0 Å². The van der Waals surface area contributed by atoms with Gasteiger partial charge in [-0.15, -0.1) is 0 Å². The maximum absolute atomic E-state index is 6.02. The van der Waals surface area contributed by atoms with Gasteiger partial charge in [0.2, 0.25) is 0 Å². The Labute approximate surface area is 161 Å². The lowest BCUT2D eigenvalue weighted by Gasteiger charge is -2.14. The van der Waals surface area contributed by atoms with Crippen molar-refractivity contribution in [1.29, 1.82) is 0 Å². The fourth-order valence-corrected chi connectivity index (χ4v) is 2.73. The summed E-state index contributed by atoms with van der Waals surface area (Å²) >= 11 is 6.02. The van der Waals surface area contributed by atoms with E-state index >= 15 is 0 Å². The third-order valence-corrected chi connectivity index (χ3v) is 4.00. The van der Waals surface area contributed by atoms with Crippen molar-refractivity contribution >= 4 is 11.6 Å². The Morgan fingerprint density at radius 3 is 2.58 bits per heavy atom. The van der Waals surface area contributed by atoms with E-state index < -0.39 is 0 Å². The Hall–Kier alpha value is -1.75. The van der Waals surface area contributed by atoms with Crippen molar-refractivity contribution in [1.82, 2.24) is 5.32 Å². The molecule has 0 aliphatic rings. The Morgan fingerprint density at radius 2 is 1.81 bits per heavy atom. The van der Waals surface area contributed by atoms with Gasteiger partial charge in [-0.05, 0) is 62.2 Å². The smallest absolute Gasteiger partial charge is 0.161 e. The molecular formula is C21H28ClNO3. The SMILES string of the molecule is CCOCCCNCc1ccc(OCc2cccc(Cl)c2)c(OCC)c1. The highest BCUT2D eigenvalue weighted by atomic mass is 35.5. The minimum atomic E-state index is 0.454. The molecule has 0 saturated carbocycles. The average molecular weight is 378 g/mol. The van der Waals surface area contributed by atoms with E-state index in [9.17, 15) is 0 Å². The van der Waals surface area contributed by atoms with Crippen LogP contribution in [0.1, 0.15) is 31.4 Å². The summed E-state index contributed by atoms with van der Waals surface area (Å²) in [6.45, 7) is 8.32. The van der Waals surface area contributed by atoms with Crippen LogP contribution in [-0.4, -0.2) is 26.4 Å². The lowest BCUT2D eigenvalue weighted by molar-refractivity contribution is 0.144. The van der Waals surface area contributed by atoms with E-state index in [0.29, 0.717) is 18.2 Å². The molecule has 0 radical (unpaired) electrons. The second kappa shape index (κ2) is 11.8. The van der Waals surface area contributed by atoms with Crippen LogP contribution in [0.25, 0.3) is 0 Å². The monoisotopic (exact) mass is 377 g/mol. The van der Waals surface area contributed by atoms with Gasteiger partial charge < -0.3 is 19.5 Å². The fourth-order valence-electron chi connectivity index (χ4n) is 2.51. The Morgan fingerprint density at radius 1 is 0.923 bits per heavy atom. The van der Waals surface area contributed by atoms with Crippen LogP contribution < -0.4 is 14.8 Å². The number of hydrogen-bond acceptors (Lipinski definition) is 4. The largest absolute Gasteiger partial charge is 0.490 e. The van der Waals surface area contributed by atoms with E-state index in [1.54, 1.807) is 0 Å². The van der Waals surface area contributed by atoms with Crippen LogP contribution in [0.5, 0.6) is 11.5 Å². The lowest BCUT2D eigenvalue weighted by atomic mass is 10.2. The molecule has 0 bridgehead atoms. The van der Waals surface area contributed by atoms with Gasteiger partial charge in [0, 0.05) is 24.8 Å². The van der Waals surface area contributed by atoms with Gasteiger partial charge >= 0.3 is 0 Å². The molecule has 0 aromatic heterocycles. The first-order valence-electron chi connectivity index (χ1n) is 9.14. The molecule has 26 heavy (non-hydrogen) atoms. The van der Waals surface area contributed by atoms with Gasteiger partial charge in [0.25, 0.3) is 0 Å². The van der Waals surface area contributed by atoms with Crippen molar-refractivity contribution in [2.75, 3.05) is 26.4 Å². The molecule has 0 spiro atoms. The van der Waals surface area contributed by atoms with E-state index in [1.165, 1.54) is 5.56 Å². The van der Waals surface area contributed by atoms with E-state index in [1.807, 2.05) is 50.2 Å². The van der Waals surface area contributed by atoms with Crippen LogP contribution in [0, 0.1) is 0 Å². The molecule has 2 aromatic rings. The summed E-state index contributed by atoms with van der Waals surface area (Å²) in [7, 11) is 0. The summed E-state index contributed by atoms with van der Waals surface area (Å²) in [4.78, 5) is 0. The molecule has 4 nitrogen and oxygen atoms in total. The molecule has 0 saturated heterocycles. The van der Waals surface area contributed by atoms with E-state index in [0.717, 1.165) is 49.8 Å². The number of halogens is 1. The summed E-state index contributed by atoms with van der Waals surface area (Å²) in [5.41, 5.74) is 2.19. The minimum Gasteiger partial charge on any atom is -0.490 e. The Kier molecular flexibility index (Phi) is 9.32. The first-order chi connectivity index (χ1) is 12.7. The summed E-state index contributed by atoms with van der Waals surface area (Å²) < 4.78 is 17.0. The van der Waals surface area contributed by atoms with Gasteiger partial charge in [-0.25, -0.2) is 0 Å². The van der Waals surface area contributed by atoms with Gasteiger partial charge in [0.15, 0.2) is 11.5 Å². The molecule has 0 heterocycles. The summed E-state index contributed by atoms with van der Waals surface area (Å²) in [6.07, 6.45) is 1.01. The molecule has 0 aliphatic heterocycles. The number of rotatable bonds is 12. The normalized spacial score (nSPS) is 10.7. The summed E-state index contributed by atoms with van der Waals surface area (Å²) in [5.74, 6) is 1.51. The molecule has 2 aromatic carbocycles. The molecule has 0 aliphatic carbocycles. The zero-order valence-electron chi connectivity index (χ0n) is 15.6. The standard InChI is InChI=1S/C21H28ClNO3/c1-3-24-12-6-11-23-15-17-9-10-20(21(14-17)25-4-2)26-16-18-7-5-8-19(22)13-18/h5,7-10,13-14,23H,3-4,6,11-12,15-16H2,1-2H3. The van der Waals surface area contributed by atoms with Crippen LogP contribution in [0.15, 0.2) is 42.5 Å². The molecule has 1 N–H and O–H groups in total. The Bertz CT molecular complexity index is 663. The van der Waals surface area contributed by atoms with Crippen molar-refractivity contribution in [3.05, 3.63) is 58.6 Å². The van der Waals surface area contributed by atoms with Gasteiger partial charge in [-0.2, -0.15) is 0 Å². The van der Waals surface area contributed by atoms with Crippen molar-refractivity contribution < 1.29 is 14.2 Å². The highest BCUT2D eigenvalue weighted by Gasteiger charge is 2.07. The van der Waals surface area contributed by atoms with Crippen LogP contribution in [0.3, 0.4) is 0 Å². The van der Waals surface area contributed by atoms with E-state index in [-0.39, 0.29) is 0 Å². The van der Waals surface area contributed by atoms with Gasteiger partial charge in [-0.1, -0.05) is 29.8 Å². The maximum Gasteiger partial charge on any atom is 0.161 e. The molecule has 0 fully saturated rings. The number of ether oxygens (including phenoxy) is 3. The maximum atomic E-state index is 6.02. The molecule has 0 amide bonds. The van der Waals surface area contributed by atoms with Crippen molar-refractivity contribution in [2.45, 2.75) is 33.4 Å². The third-order valence-electron chi connectivity index (χ3n) is 3.77. The topological polar surface area (TPSA) is 39.7 Å². The van der Waals surface area contributed by atoms with E-state index in [2.05, 4.69) is 11.4 Å². The summed E-state index contributed by atoms with van der Waals surface area (Å²) in [5, 5.41) is 4.13. The molecule has 142 valence electrons. The third kappa shape index (κ3) is 7.24. The van der Waals surface area contributed by atoms with Gasteiger partial charge in [0.05, 0.1) is 6.61 Å².